The molecule has 0 aliphatic heterocycles. The number of carbonyl (C=O) groups is 2. The summed E-state index contributed by atoms with van der Waals surface area (Å²) < 4.78 is 0.917. The van der Waals surface area contributed by atoms with Crippen LogP contribution in [0.4, 0.5) is 5.69 Å². The van der Waals surface area contributed by atoms with Gasteiger partial charge in [0.05, 0.1) is 11.3 Å². The molecule has 0 unspecified atom stereocenters. The van der Waals surface area contributed by atoms with Crippen LogP contribution in [0.1, 0.15) is 20.7 Å². The highest BCUT2D eigenvalue weighted by molar-refractivity contribution is 14.1. The van der Waals surface area contributed by atoms with Gasteiger partial charge in [0, 0.05) is 9.13 Å². The van der Waals surface area contributed by atoms with Crippen molar-refractivity contribution in [2.75, 3.05) is 5.32 Å². The number of amides is 1. The maximum Gasteiger partial charge on any atom is 0.335 e. The van der Waals surface area contributed by atoms with Crippen molar-refractivity contribution in [3.8, 4) is 5.75 Å². The molecule has 0 aliphatic rings. The number of anilines is 1. The highest BCUT2D eigenvalue weighted by Crippen LogP contribution is 2.25. The molecular formula is C14H10INO4. The van der Waals surface area contributed by atoms with E-state index in [-0.39, 0.29) is 22.9 Å². The Labute approximate surface area is 128 Å². The maximum atomic E-state index is 12.0. The van der Waals surface area contributed by atoms with Gasteiger partial charge in [-0.2, -0.15) is 0 Å². The van der Waals surface area contributed by atoms with Gasteiger partial charge in [0.25, 0.3) is 5.91 Å². The lowest BCUT2D eigenvalue weighted by Crippen LogP contribution is -2.12. The summed E-state index contributed by atoms with van der Waals surface area (Å²) in [5.41, 5.74) is 0.576. The second-order valence-corrected chi connectivity index (χ2v) is 5.25. The Bertz CT molecular complexity index is 685. The zero-order valence-electron chi connectivity index (χ0n) is 10.1. The molecule has 0 bridgehead atoms. The number of halogens is 1. The second kappa shape index (κ2) is 5.91. The van der Waals surface area contributed by atoms with Crippen molar-refractivity contribution in [2.45, 2.75) is 0 Å². The Morgan fingerprint density at radius 1 is 1.05 bits per heavy atom. The smallest absolute Gasteiger partial charge is 0.335 e. The predicted octanol–water partition coefficient (Wildman–Crippen LogP) is 2.95. The van der Waals surface area contributed by atoms with E-state index in [0.717, 1.165) is 9.64 Å². The topological polar surface area (TPSA) is 86.6 Å². The summed E-state index contributed by atoms with van der Waals surface area (Å²) in [5, 5.41) is 21.0. The monoisotopic (exact) mass is 383 g/mol. The first-order valence-corrected chi connectivity index (χ1v) is 6.68. The highest BCUT2D eigenvalue weighted by Gasteiger charge is 2.11. The molecule has 0 saturated heterocycles. The number of aromatic carboxylic acids is 1. The van der Waals surface area contributed by atoms with Crippen LogP contribution in [-0.2, 0) is 0 Å². The first-order chi connectivity index (χ1) is 9.47. The number of phenolic OH excluding ortho intramolecular Hbond substituents is 1. The number of carboxylic acids is 1. The van der Waals surface area contributed by atoms with E-state index >= 15 is 0 Å². The minimum atomic E-state index is -1.14. The number of hydrogen-bond donors (Lipinski definition) is 3. The van der Waals surface area contributed by atoms with Crippen LogP contribution in [0, 0.1) is 3.57 Å². The summed E-state index contributed by atoms with van der Waals surface area (Å²) in [4.78, 5) is 22.7. The summed E-state index contributed by atoms with van der Waals surface area (Å²) in [6.45, 7) is 0. The van der Waals surface area contributed by atoms with E-state index < -0.39 is 5.97 Å². The second-order valence-electron chi connectivity index (χ2n) is 4.00. The lowest BCUT2D eigenvalue weighted by atomic mass is 10.1. The number of benzene rings is 2. The summed E-state index contributed by atoms with van der Waals surface area (Å²) >= 11 is 2.09. The molecule has 0 saturated carbocycles. The lowest BCUT2D eigenvalue weighted by molar-refractivity contribution is 0.0696. The van der Waals surface area contributed by atoms with Gasteiger partial charge in [-0.25, -0.2) is 4.79 Å². The quantitative estimate of drug-likeness (QED) is 0.562. The van der Waals surface area contributed by atoms with E-state index in [2.05, 4.69) is 27.9 Å². The molecule has 6 heteroatoms. The fraction of sp³-hybridized carbons (Fsp3) is 0. The molecule has 1 amide bonds. The molecule has 2 aromatic rings. The number of carboxylic acid groups (broad SMARTS) is 1. The average molecular weight is 383 g/mol. The Morgan fingerprint density at radius 3 is 2.40 bits per heavy atom. The van der Waals surface area contributed by atoms with Gasteiger partial charge >= 0.3 is 5.97 Å². The van der Waals surface area contributed by atoms with E-state index in [4.69, 9.17) is 5.11 Å². The molecule has 20 heavy (non-hydrogen) atoms. The molecule has 0 heterocycles. The van der Waals surface area contributed by atoms with Crippen LogP contribution in [0.2, 0.25) is 0 Å². The molecule has 2 aromatic carbocycles. The molecule has 0 aliphatic carbocycles. The Balaban J connectivity index is 2.22. The number of rotatable bonds is 3. The fourth-order valence-electron chi connectivity index (χ4n) is 1.59. The van der Waals surface area contributed by atoms with Crippen molar-refractivity contribution in [3.63, 3.8) is 0 Å². The standard InChI is InChI=1S/C14H10INO4/c15-10-3-1-2-8(6-10)13(18)16-11-5-4-9(14(19)20)7-12(11)17/h1-7,17H,(H,16,18)(H,19,20). The molecule has 0 fully saturated rings. The van der Waals surface area contributed by atoms with Gasteiger partial charge in [-0.15, -0.1) is 0 Å². The van der Waals surface area contributed by atoms with Gasteiger partial charge < -0.3 is 15.5 Å². The molecule has 5 nitrogen and oxygen atoms in total. The summed E-state index contributed by atoms with van der Waals surface area (Å²) in [5.74, 6) is -1.80. The Morgan fingerprint density at radius 2 is 1.80 bits per heavy atom. The van der Waals surface area contributed by atoms with Crippen LogP contribution >= 0.6 is 22.6 Å². The van der Waals surface area contributed by atoms with Gasteiger partial charge in [0.2, 0.25) is 0 Å². The van der Waals surface area contributed by atoms with Crippen molar-refractivity contribution in [3.05, 3.63) is 57.2 Å². The number of nitrogens with one attached hydrogen (secondary N) is 1. The van der Waals surface area contributed by atoms with E-state index in [9.17, 15) is 14.7 Å². The summed E-state index contributed by atoms with van der Waals surface area (Å²) in [7, 11) is 0. The Kier molecular flexibility index (Phi) is 4.23. The van der Waals surface area contributed by atoms with E-state index in [0.29, 0.717) is 5.56 Å². The number of hydrogen-bond acceptors (Lipinski definition) is 3. The SMILES string of the molecule is O=C(O)c1ccc(NC(=O)c2cccc(I)c2)c(O)c1. The van der Waals surface area contributed by atoms with Crippen LogP contribution in [0.25, 0.3) is 0 Å². The van der Waals surface area contributed by atoms with Crippen molar-refractivity contribution in [1.82, 2.24) is 0 Å². The first kappa shape index (κ1) is 14.3. The van der Waals surface area contributed by atoms with Crippen LogP contribution in [-0.4, -0.2) is 22.1 Å². The third-order valence-corrected chi connectivity index (χ3v) is 3.25. The van der Waals surface area contributed by atoms with E-state index in [1.54, 1.807) is 18.2 Å². The van der Waals surface area contributed by atoms with Crippen LogP contribution < -0.4 is 5.32 Å². The molecular weight excluding hydrogens is 373 g/mol. The van der Waals surface area contributed by atoms with Gasteiger partial charge in [0.15, 0.2) is 0 Å². The molecule has 0 spiro atoms. The molecule has 2 rings (SSSR count). The largest absolute Gasteiger partial charge is 0.506 e. The van der Waals surface area contributed by atoms with Crippen LogP contribution in [0.15, 0.2) is 42.5 Å². The number of carbonyl (C=O) groups excluding carboxylic acids is 1. The Hall–Kier alpha value is -2.09. The molecule has 3 N–H and O–H groups in total. The fourth-order valence-corrected chi connectivity index (χ4v) is 2.14. The average Bonchev–Trinajstić information content (AvgIpc) is 2.40. The minimum absolute atomic E-state index is 0.0465. The maximum absolute atomic E-state index is 12.0. The van der Waals surface area contributed by atoms with E-state index in [1.807, 2.05) is 6.07 Å². The molecule has 102 valence electrons. The first-order valence-electron chi connectivity index (χ1n) is 5.60. The normalized spacial score (nSPS) is 10.1. The van der Waals surface area contributed by atoms with Gasteiger partial charge in [-0.1, -0.05) is 6.07 Å². The van der Waals surface area contributed by atoms with Crippen molar-refractivity contribution in [2.24, 2.45) is 0 Å². The lowest BCUT2D eigenvalue weighted by Gasteiger charge is -2.08. The predicted molar refractivity (Wildman–Crippen MR) is 82.2 cm³/mol. The van der Waals surface area contributed by atoms with Gasteiger partial charge in [0.1, 0.15) is 5.75 Å². The van der Waals surface area contributed by atoms with Crippen molar-refractivity contribution in [1.29, 1.82) is 0 Å². The number of phenols is 1. The molecule has 0 radical (unpaired) electrons. The minimum Gasteiger partial charge on any atom is -0.506 e. The zero-order valence-corrected chi connectivity index (χ0v) is 12.3. The summed E-state index contributed by atoms with van der Waals surface area (Å²) in [6.07, 6.45) is 0. The molecule has 0 aromatic heterocycles. The van der Waals surface area contributed by atoms with Crippen molar-refractivity contribution >= 4 is 40.2 Å². The molecule has 0 atom stereocenters. The number of aromatic hydroxyl groups is 1. The third-order valence-electron chi connectivity index (χ3n) is 2.58. The van der Waals surface area contributed by atoms with Gasteiger partial charge in [-0.3, -0.25) is 4.79 Å². The summed E-state index contributed by atoms with van der Waals surface area (Å²) in [6, 6.07) is 10.7. The third kappa shape index (κ3) is 3.27. The van der Waals surface area contributed by atoms with Crippen LogP contribution in [0.3, 0.4) is 0 Å². The van der Waals surface area contributed by atoms with Crippen LogP contribution in [0.5, 0.6) is 5.75 Å². The van der Waals surface area contributed by atoms with E-state index in [1.165, 1.54) is 12.1 Å². The van der Waals surface area contributed by atoms with Crippen molar-refractivity contribution < 1.29 is 19.8 Å². The highest BCUT2D eigenvalue weighted by atomic mass is 127. The zero-order chi connectivity index (χ0) is 14.7. The van der Waals surface area contributed by atoms with Gasteiger partial charge in [-0.05, 0) is 59.0 Å².